The molecule has 0 fully saturated rings. The highest BCUT2D eigenvalue weighted by Crippen LogP contribution is 2.35. The lowest BCUT2D eigenvalue weighted by Crippen LogP contribution is -2.24. The number of benzene rings is 1. The number of carbonyl (C=O) groups is 1. The van der Waals surface area contributed by atoms with Crippen molar-refractivity contribution in [2.75, 3.05) is 6.61 Å². The van der Waals surface area contributed by atoms with Gasteiger partial charge in [-0.25, -0.2) is 4.79 Å². The molecule has 0 heterocycles. The number of rotatable bonds is 4. The summed E-state index contributed by atoms with van der Waals surface area (Å²) < 4.78 is 11.1. The Hall–Kier alpha value is -2.03. The topological polar surface area (TPSA) is 35.5 Å². The average Bonchev–Trinajstić information content (AvgIpc) is 2.72. The van der Waals surface area contributed by atoms with E-state index in [9.17, 15) is 4.79 Å². The molecule has 1 aliphatic carbocycles. The van der Waals surface area contributed by atoms with Gasteiger partial charge in [0.2, 0.25) is 0 Å². The van der Waals surface area contributed by atoms with Gasteiger partial charge in [-0.1, -0.05) is 36.9 Å². The Bertz CT molecular complexity index is 562. The summed E-state index contributed by atoms with van der Waals surface area (Å²) in [6.07, 6.45) is 2.29. The van der Waals surface area contributed by atoms with Crippen LogP contribution < -0.4 is 0 Å². The molecule has 2 rings (SSSR count). The summed E-state index contributed by atoms with van der Waals surface area (Å²) in [4.78, 5) is 12.4. The molecule has 1 aliphatic rings. The molecule has 0 bridgehead atoms. The molecule has 1 aromatic rings. The van der Waals surface area contributed by atoms with Crippen molar-refractivity contribution < 1.29 is 14.3 Å². The van der Waals surface area contributed by atoms with E-state index < -0.39 is 5.60 Å². The van der Waals surface area contributed by atoms with Crippen LogP contribution in [0.3, 0.4) is 0 Å². The third-order valence-electron chi connectivity index (χ3n) is 2.89. The second kappa shape index (κ2) is 5.53. The minimum Gasteiger partial charge on any atom is -0.493 e. The van der Waals surface area contributed by atoms with E-state index in [-0.39, 0.29) is 5.97 Å². The molecule has 3 nitrogen and oxygen atoms in total. The summed E-state index contributed by atoms with van der Waals surface area (Å²) >= 11 is 0. The number of esters is 1. The first kappa shape index (κ1) is 14.4. The van der Waals surface area contributed by atoms with Crippen LogP contribution in [0.2, 0.25) is 0 Å². The van der Waals surface area contributed by atoms with E-state index in [1.807, 2.05) is 45.0 Å². The van der Waals surface area contributed by atoms with Crippen LogP contribution in [0.25, 0.3) is 5.57 Å². The third kappa shape index (κ3) is 3.10. The molecule has 3 heteroatoms. The minimum absolute atomic E-state index is 0.332. The molecule has 0 saturated carbocycles. The van der Waals surface area contributed by atoms with Gasteiger partial charge in [0.1, 0.15) is 23.5 Å². The molecule has 0 aromatic heterocycles. The van der Waals surface area contributed by atoms with E-state index in [0.717, 1.165) is 11.1 Å². The van der Waals surface area contributed by atoms with Gasteiger partial charge >= 0.3 is 5.97 Å². The Kier molecular flexibility index (Phi) is 3.98. The van der Waals surface area contributed by atoms with Gasteiger partial charge in [-0.3, -0.25) is 0 Å². The number of ether oxygens (including phenoxy) is 2. The Morgan fingerprint density at radius 1 is 1.35 bits per heavy atom. The van der Waals surface area contributed by atoms with Gasteiger partial charge in [0.15, 0.2) is 0 Å². The van der Waals surface area contributed by atoms with E-state index in [2.05, 4.69) is 6.58 Å². The fourth-order valence-corrected chi connectivity index (χ4v) is 2.17. The van der Waals surface area contributed by atoms with Crippen LogP contribution in [0.4, 0.5) is 0 Å². The summed E-state index contributed by atoms with van der Waals surface area (Å²) in [7, 11) is 0. The molecule has 0 spiro atoms. The quantitative estimate of drug-likeness (QED) is 0.621. The number of fused-ring (bicyclic) bond motifs is 1. The average molecular weight is 272 g/mol. The standard InChI is InChI=1S/C17H20O3/c1-5-10-19-14-11-12-8-6-7-9-13(12)15(14)16(18)20-17(2,3)4/h5-9H,1,10-11H2,2-4H3. The predicted octanol–water partition coefficient (Wildman–Crippen LogP) is 3.50. The van der Waals surface area contributed by atoms with Crippen molar-refractivity contribution in [1.29, 1.82) is 0 Å². The van der Waals surface area contributed by atoms with Gasteiger partial charge in [0.25, 0.3) is 0 Å². The Morgan fingerprint density at radius 3 is 2.70 bits per heavy atom. The SMILES string of the molecule is C=CCOC1=C(C(=O)OC(C)(C)C)c2ccccc2C1. The van der Waals surface area contributed by atoms with Crippen molar-refractivity contribution in [2.24, 2.45) is 0 Å². The molecular weight excluding hydrogens is 252 g/mol. The third-order valence-corrected chi connectivity index (χ3v) is 2.89. The first-order valence-corrected chi connectivity index (χ1v) is 6.71. The van der Waals surface area contributed by atoms with Gasteiger partial charge in [-0.15, -0.1) is 0 Å². The van der Waals surface area contributed by atoms with Gasteiger partial charge in [0, 0.05) is 6.42 Å². The van der Waals surface area contributed by atoms with Crippen molar-refractivity contribution in [3.8, 4) is 0 Å². The molecule has 0 unspecified atom stereocenters. The highest BCUT2D eigenvalue weighted by atomic mass is 16.6. The van der Waals surface area contributed by atoms with Crippen LogP contribution >= 0.6 is 0 Å². The van der Waals surface area contributed by atoms with E-state index in [0.29, 0.717) is 24.4 Å². The zero-order valence-electron chi connectivity index (χ0n) is 12.2. The highest BCUT2D eigenvalue weighted by molar-refractivity contribution is 6.19. The van der Waals surface area contributed by atoms with E-state index >= 15 is 0 Å². The van der Waals surface area contributed by atoms with Crippen LogP contribution in [-0.4, -0.2) is 18.2 Å². The lowest BCUT2D eigenvalue weighted by Gasteiger charge is -2.20. The van der Waals surface area contributed by atoms with Crippen LogP contribution in [0.1, 0.15) is 31.9 Å². The summed E-state index contributed by atoms with van der Waals surface area (Å²) in [5.74, 6) is 0.335. The van der Waals surface area contributed by atoms with Crippen LogP contribution in [0.5, 0.6) is 0 Å². The smallest absolute Gasteiger partial charge is 0.342 e. The summed E-state index contributed by atoms with van der Waals surface area (Å²) in [6, 6.07) is 7.81. The first-order chi connectivity index (χ1) is 9.42. The fraction of sp³-hybridized carbons (Fsp3) is 0.353. The maximum absolute atomic E-state index is 12.4. The molecule has 106 valence electrons. The van der Waals surface area contributed by atoms with Crippen molar-refractivity contribution in [2.45, 2.75) is 32.8 Å². The molecule has 0 N–H and O–H groups in total. The molecule has 0 radical (unpaired) electrons. The lowest BCUT2D eigenvalue weighted by atomic mass is 10.1. The van der Waals surface area contributed by atoms with Gasteiger partial charge in [0.05, 0.1) is 0 Å². The number of hydrogen-bond donors (Lipinski definition) is 0. The van der Waals surface area contributed by atoms with E-state index in [1.54, 1.807) is 6.08 Å². The normalized spacial score (nSPS) is 13.9. The zero-order valence-corrected chi connectivity index (χ0v) is 12.2. The molecule has 0 amide bonds. The second-order valence-corrected chi connectivity index (χ2v) is 5.73. The highest BCUT2D eigenvalue weighted by Gasteiger charge is 2.31. The van der Waals surface area contributed by atoms with Crippen molar-refractivity contribution >= 4 is 11.5 Å². The zero-order chi connectivity index (χ0) is 14.8. The number of allylic oxidation sites excluding steroid dienone is 1. The lowest BCUT2D eigenvalue weighted by molar-refractivity contribution is -0.147. The Morgan fingerprint density at radius 2 is 2.05 bits per heavy atom. The Labute approximate surface area is 119 Å². The molecule has 1 aromatic carbocycles. The monoisotopic (exact) mass is 272 g/mol. The number of hydrogen-bond acceptors (Lipinski definition) is 3. The van der Waals surface area contributed by atoms with E-state index in [1.165, 1.54) is 0 Å². The van der Waals surface area contributed by atoms with E-state index in [4.69, 9.17) is 9.47 Å². The van der Waals surface area contributed by atoms with Crippen LogP contribution in [-0.2, 0) is 20.7 Å². The predicted molar refractivity (Wildman–Crippen MR) is 79.1 cm³/mol. The van der Waals surface area contributed by atoms with Gasteiger partial charge in [-0.05, 0) is 31.9 Å². The van der Waals surface area contributed by atoms with Crippen molar-refractivity contribution in [1.82, 2.24) is 0 Å². The van der Waals surface area contributed by atoms with Crippen LogP contribution in [0.15, 0.2) is 42.7 Å². The molecular formula is C17H20O3. The maximum atomic E-state index is 12.4. The Balaban J connectivity index is 2.35. The van der Waals surface area contributed by atoms with Gasteiger partial charge in [-0.2, -0.15) is 0 Å². The van der Waals surface area contributed by atoms with Gasteiger partial charge < -0.3 is 9.47 Å². The summed E-state index contributed by atoms with van der Waals surface area (Å²) in [6.45, 7) is 9.59. The molecule has 0 atom stereocenters. The molecule has 0 saturated heterocycles. The molecule has 20 heavy (non-hydrogen) atoms. The minimum atomic E-state index is -0.523. The largest absolute Gasteiger partial charge is 0.493 e. The number of carbonyl (C=O) groups excluding carboxylic acids is 1. The first-order valence-electron chi connectivity index (χ1n) is 6.71. The van der Waals surface area contributed by atoms with Crippen molar-refractivity contribution in [3.05, 3.63) is 53.8 Å². The van der Waals surface area contributed by atoms with Crippen molar-refractivity contribution in [3.63, 3.8) is 0 Å². The summed E-state index contributed by atoms with van der Waals surface area (Å²) in [5, 5.41) is 0. The molecule has 0 aliphatic heterocycles. The summed E-state index contributed by atoms with van der Waals surface area (Å²) in [5.41, 5.74) is 2.01. The maximum Gasteiger partial charge on any atom is 0.342 e. The van der Waals surface area contributed by atoms with Crippen LogP contribution in [0, 0.1) is 0 Å². The fourth-order valence-electron chi connectivity index (χ4n) is 2.17. The second-order valence-electron chi connectivity index (χ2n) is 5.73.